The molecule has 1 atom stereocenters. The van der Waals surface area contributed by atoms with E-state index in [9.17, 15) is 8.42 Å². The van der Waals surface area contributed by atoms with Crippen molar-refractivity contribution in [3.05, 3.63) is 5.69 Å². The molecule has 0 fully saturated rings. The number of hydrogen-bond donors (Lipinski definition) is 1. The van der Waals surface area contributed by atoms with E-state index in [1.807, 2.05) is 13.8 Å². The number of thiazole rings is 1. The molecule has 2 N–H and O–H groups in total. The smallest absolute Gasteiger partial charge is 0.254 e. The number of nitrogens with zero attached hydrogens (tertiary/aromatic N) is 2. The van der Waals surface area contributed by atoms with Crippen LogP contribution < -0.4 is 5.73 Å². The van der Waals surface area contributed by atoms with E-state index in [4.69, 9.17) is 5.73 Å². The van der Waals surface area contributed by atoms with E-state index in [-0.39, 0.29) is 4.21 Å². The topological polar surface area (TPSA) is 76.3 Å². The standard InChI is InChI=1S/C11H21N3O2S2/c1-5-8(3)7-14(6-2)18(15,16)10-9(4)13-11(12)17-10/h8H,5-7H2,1-4H3,(H2,12,13). The van der Waals surface area contributed by atoms with Crippen molar-refractivity contribution in [3.8, 4) is 0 Å². The second-order valence-corrected chi connectivity index (χ2v) is 7.56. The molecule has 1 heterocycles. The number of aromatic nitrogens is 1. The van der Waals surface area contributed by atoms with E-state index in [0.717, 1.165) is 17.8 Å². The number of aryl methyl sites for hydroxylation is 1. The Labute approximate surface area is 113 Å². The molecule has 0 aliphatic rings. The van der Waals surface area contributed by atoms with Gasteiger partial charge in [-0.2, -0.15) is 4.31 Å². The molecule has 0 spiro atoms. The fourth-order valence-electron chi connectivity index (χ4n) is 1.63. The van der Waals surface area contributed by atoms with Crippen molar-refractivity contribution < 1.29 is 8.42 Å². The highest BCUT2D eigenvalue weighted by Crippen LogP contribution is 2.28. The SMILES string of the molecule is CCC(C)CN(CC)S(=O)(=O)c1sc(N)nc1C. The van der Waals surface area contributed by atoms with Crippen LogP contribution in [0.4, 0.5) is 5.13 Å². The molecule has 1 unspecified atom stereocenters. The zero-order chi connectivity index (χ0) is 13.9. The Bertz CT molecular complexity index is 496. The van der Waals surface area contributed by atoms with Crippen molar-refractivity contribution in [1.29, 1.82) is 0 Å². The lowest BCUT2D eigenvalue weighted by atomic mass is 10.1. The second-order valence-electron chi connectivity index (χ2n) is 4.39. The van der Waals surface area contributed by atoms with Crippen LogP contribution in [0.15, 0.2) is 4.21 Å². The summed E-state index contributed by atoms with van der Waals surface area (Å²) in [5, 5.41) is 0.297. The van der Waals surface area contributed by atoms with E-state index in [2.05, 4.69) is 11.9 Å². The summed E-state index contributed by atoms with van der Waals surface area (Å²) in [5.41, 5.74) is 6.06. The third-order valence-electron chi connectivity index (χ3n) is 2.91. The lowest BCUT2D eigenvalue weighted by Gasteiger charge is -2.22. The van der Waals surface area contributed by atoms with E-state index >= 15 is 0 Å². The van der Waals surface area contributed by atoms with Crippen molar-refractivity contribution in [2.75, 3.05) is 18.8 Å². The van der Waals surface area contributed by atoms with E-state index in [0.29, 0.717) is 29.8 Å². The predicted molar refractivity (Wildman–Crippen MR) is 75.2 cm³/mol. The van der Waals surface area contributed by atoms with Crippen LogP contribution in [0.1, 0.15) is 32.9 Å². The van der Waals surface area contributed by atoms with Crippen LogP contribution >= 0.6 is 11.3 Å². The fourth-order valence-corrected chi connectivity index (χ4v) is 4.64. The minimum atomic E-state index is -3.46. The first-order valence-electron chi connectivity index (χ1n) is 6.05. The quantitative estimate of drug-likeness (QED) is 0.870. The Morgan fingerprint density at radius 3 is 2.44 bits per heavy atom. The van der Waals surface area contributed by atoms with Gasteiger partial charge in [-0.25, -0.2) is 13.4 Å². The predicted octanol–water partition coefficient (Wildman–Crippen LogP) is 2.09. The van der Waals surface area contributed by atoms with Crippen LogP contribution in [-0.2, 0) is 10.0 Å². The zero-order valence-electron chi connectivity index (χ0n) is 11.3. The minimum Gasteiger partial charge on any atom is -0.375 e. The number of hydrogen-bond acceptors (Lipinski definition) is 5. The summed E-state index contributed by atoms with van der Waals surface area (Å²) in [6.07, 6.45) is 0.954. The lowest BCUT2D eigenvalue weighted by Crippen LogP contribution is -2.34. The van der Waals surface area contributed by atoms with Gasteiger partial charge in [0.1, 0.15) is 0 Å². The molecule has 0 amide bonds. The number of rotatable bonds is 6. The summed E-state index contributed by atoms with van der Waals surface area (Å²) in [6.45, 7) is 8.63. The molecule has 7 heteroatoms. The fraction of sp³-hybridized carbons (Fsp3) is 0.727. The van der Waals surface area contributed by atoms with E-state index < -0.39 is 10.0 Å². The Hall–Kier alpha value is -0.660. The molecule has 0 aromatic carbocycles. The highest BCUT2D eigenvalue weighted by molar-refractivity contribution is 7.91. The molecule has 0 saturated heterocycles. The minimum absolute atomic E-state index is 0.269. The van der Waals surface area contributed by atoms with Crippen LogP contribution in [0.3, 0.4) is 0 Å². The number of nitrogen functional groups attached to an aromatic ring is 1. The monoisotopic (exact) mass is 291 g/mol. The maximum Gasteiger partial charge on any atom is 0.254 e. The van der Waals surface area contributed by atoms with Gasteiger partial charge in [0, 0.05) is 13.1 Å². The molecule has 18 heavy (non-hydrogen) atoms. The van der Waals surface area contributed by atoms with Gasteiger partial charge in [-0.1, -0.05) is 38.5 Å². The van der Waals surface area contributed by atoms with Gasteiger partial charge in [0.2, 0.25) is 0 Å². The molecule has 1 rings (SSSR count). The van der Waals surface area contributed by atoms with Gasteiger partial charge >= 0.3 is 0 Å². The Balaban J connectivity index is 3.07. The normalized spacial score (nSPS) is 14.1. The maximum absolute atomic E-state index is 12.5. The summed E-state index contributed by atoms with van der Waals surface area (Å²) in [4.78, 5) is 3.98. The van der Waals surface area contributed by atoms with Crippen LogP contribution in [0.2, 0.25) is 0 Å². The van der Waals surface area contributed by atoms with Crippen molar-refractivity contribution in [3.63, 3.8) is 0 Å². The lowest BCUT2D eigenvalue weighted by molar-refractivity contribution is 0.362. The molecule has 0 radical (unpaired) electrons. The molecular formula is C11H21N3O2S2. The van der Waals surface area contributed by atoms with Crippen molar-refractivity contribution >= 4 is 26.5 Å². The van der Waals surface area contributed by atoms with Gasteiger partial charge in [0.25, 0.3) is 10.0 Å². The van der Waals surface area contributed by atoms with Gasteiger partial charge in [0.15, 0.2) is 9.34 Å². The summed E-state index contributed by atoms with van der Waals surface area (Å²) < 4.78 is 26.7. The second kappa shape index (κ2) is 5.99. The zero-order valence-corrected chi connectivity index (χ0v) is 12.9. The van der Waals surface area contributed by atoms with Crippen LogP contribution in [0.25, 0.3) is 0 Å². The summed E-state index contributed by atoms with van der Waals surface area (Å²) >= 11 is 1.04. The third kappa shape index (κ3) is 3.21. The molecule has 0 bridgehead atoms. The Morgan fingerprint density at radius 1 is 1.44 bits per heavy atom. The van der Waals surface area contributed by atoms with Crippen LogP contribution in [0, 0.1) is 12.8 Å². The average molecular weight is 291 g/mol. The number of sulfonamides is 1. The van der Waals surface area contributed by atoms with Gasteiger partial charge in [-0.05, 0) is 12.8 Å². The molecule has 1 aromatic heterocycles. The van der Waals surface area contributed by atoms with Crippen molar-refractivity contribution in [2.45, 2.75) is 38.3 Å². The van der Waals surface area contributed by atoms with Crippen LogP contribution in [-0.4, -0.2) is 30.8 Å². The first-order chi connectivity index (χ1) is 8.32. The third-order valence-corrected chi connectivity index (χ3v) is 6.42. The van der Waals surface area contributed by atoms with Crippen molar-refractivity contribution in [2.24, 2.45) is 5.92 Å². The summed E-state index contributed by atoms with van der Waals surface area (Å²) in [5.74, 6) is 0.338. The highest BCUT2D eigenvalue weighted by atomic mass is 32.2. The number of nitrogens with two attached hydrogens (primary N) is 1. The first-order valence-corrected chi connectivity index (χ1v) is 8.31. The molecule has 5 nitrogen and oxygen atoms in total. The van der Waals surface area contributed by atoms with Crippen LogP contribution in [0.5, 0.6) is 0 Å². The highest BCUT2D eigenvalue weighted by Gasteiger charge is 2.28. The van der Waals surface area contributed by atoms with Crippen molar-refractivity contribution in [1.82, 2.24) is 9.29 Å². The Morgan fingerprint density at radius 2 is 2.06 bits per heavy atom. The van der Waals surface area contributed by atoms with Gasteiger partial charge in [0.05, 0.1) is 5.69 Å². The van der Waals surface area contributed by atoms with E-state index in [1.54, 1.807) is 6.92 Å². The van der Waals surface area contributed by atoms with Gasteiger partial charge < -0.3 is 5.73 Å². The number of anilines is 1. The largest absolute Gasteiger partial charge is 0.375 e. The molecule has 1 aromatic rings. The molecule has 0 aliphatic carbocycles. The Kier molecular flexibility index (Phi) is 5.12. The summed E-state index contributed by atoms with van der Waals surface area (Å²) in [7, 11) is -3.46. The molecular weight excluding hydrogens is 270 g/mol. The van der Waals surface area contributed by atoms with E-state index in [1.165, 1.54) is 4.31 Å². The van der Waals surface area contributed by atoms with Gasteiger partial charge in [-0.15, -0.1) is 0 Å². The average Bonchev–Trinajstić information content (AvgIpc) is 2.65. The summed E-state index contributed by atoms with van der Waals surface area (Å²) in [6, 6.07) is 0. The molecule has 104 valence electrons. The molecule has 0 saturated carbocycles. The van der Waals surface area contributed by atoms with Gasteiger partial charge in [-0.3, -0.25) is 0 Å². The maximum atomic E-state index is 12.5. The first kappa shape index (κ1) is 15.4. The molecule has 0 aliphatic heterocycles.